The number of aromatic nitrogens is 1. The van der Waals surface area contributed by atoms with Gasteiger partial charge in [-0.05, 0) is 41.3 Å². The van der Waals surface area contributed by atoms with Gasteiger partial charge in [0.25, 0.3) is 5.91 Å². The van der Waals surface area contributed by atoms with Crippen LogP contribution in [0.5, 0.6) is 0 Å². The smallest absolute Gasteiger partial charge is 0.253 e. The van der Waals surface area contributed by atoms with Gasteiger partial charge in [0.2, 0.25) is 0 Å². The maximum Gasteiger partial charge on any atom is 0.253 e. The third-order valence-corrected chi connectivity index (χ3v) is 4.97. The van der Waals surface area contributed by atoms with Crippen LogP contribution in [-0.2, 0) is 6.54 Å². The first kappa shape index (κ1) is 16.2. The van der Waals surface area contributed by atoms with Crippen LogP contribution in [0.3, 0.4) is 0 Å². The lowest BCUT2D eigenvalue weighted by atomic mass is 10.1. The number of carbonyl (C=O) groups excluding carboxylic acids is 1. The molecule has 0 radical (unpaired) electrons. The Morgan fingerprint density at radius 1 is 1.26 bits per heavy atom. The summed E-state index contributed by atoms with van der Waals surface area (Å²) < 4.78 is 0.813. The third kappa shape index (κ3) is 3.99. The number of hydrogen-bond donors (Lipinski definition) is 1. The Labute approximate surface area is 151 Å². The highest BCUT2D eigenvalue weighted by molar-refractivity contribution is 9.10. The van der Waals surface area contributed by atoms with Gasteiger partial charge < -0.3 is 5.32 Å². The summed E-state index contributed by atoms with van der Waals surface area (Å²) >= 11 is 11.1. The van der Waals surface area contributed by atoms with Crippen molar-refractivity contribution < 1.29 is 4.79 Å². The fourth-order valence-electron chi connectivity index (χ4n) is 2.11. The molecule has 0 aliphatic heterocycles. The quantitative estimate of drug-likeness (QED) is 0.649. The predicted octanol–water partition coefficient (Wildman–Crippen LogP) is 5.16. The molecule has 23 heavy (non-hydrogen) atoms. The van der Waals surface area contributed by atoms with Crippen LogP contribution in [0.15, 0.2) is 58.6 Å². The van der Waals surface area contributed by atoms with Gasteiger partial charge in [0, 0.05) is 33.9 Å². The number of halogens is 2. The second-order valence-corrected chi connectivity index (χ2v) is 7.14. The van der Waals surface area contributed by atoms with Crippen molar-refractivity contribution in [1.82, 2.24) is 10.3 Å². The summed E-state index contributed by atoms with van der Waals surface area (Å²) in [4.78, 5) is 17.7. The van der Waals surface area contributed by atoms with Crippen molar-refractivity contribution in [2.75, 3.05) is 0 Å². The minimum atomic E-state index is -0.210. The molecule has 0 atom stereocenters. The lowest BCUT2D eigenvalue weighted by molar-refractivity contribution is 0.0951. The molecule has 3 aromatic rings. The number of benzene rings is 1. The fourth-order valence-corrected chi connectivity index (χ4v) is 3.38. The van der Waals surface area contributed by atoms with E-state index >= 15 is 0 Å². The molecule has 0 fully saturated rings. The first-order valence-corrected chi connectivity index (χ1v) is 8.89. The van der Waals surface area contributed by atoms with Crippen molar-refractivity contribution in [3.63, 3.8) is 0 Å². The molecular formula is C17H12BrClN2OS. The molecule has 0 aliphatic carbocycles. The summed E-state index contributed by atoms with van der Waals surface area (Å²) in [5.41, 5.74) is 2.44. The number of pyridine rings is 1. The van der Waals surface area contributed by atoms with Crippen LogP contribution < -0.4 is 5.32 Å². The van der Waals surface area contributed by atoms with Gasteiger partial charge in [-0.1, -0.05) is 33.6 Å². The number of hydrogen-bond acceptors (Lipinski definition) is 3. The number of amides is 1. The van der Waals surface area contributed by atoms with Crippen LogP contribution >= 0.6 is 38.9 Å². The topological polar surface area (TPSA) is 42.0 Å². The lowest BCUT2D eigenvalue weighted by Crippen LogP contribution is -2.23. The van der Waals surface area contributed by atoms with E-state index in [2.05, 4.69) is 26.2 Å². The molecule has 0 aliphatic rings. The SMILES string of the molecule is O=C(NCc1cncc(-c2cccs2)c1)c1cc(Br)ccc1Cl. The van der Waals surface area contributed by atoms with E-state index in [1.54, 1.807) is 35.7 Å². The molecule has 0 spiro atoms. The summed E-state index contributed by atoms with van der Waals surface area (Å²) in [5, 5.41) is 5.33. The maximum absolute atomic E-state index is 12.3. The number of nitrogens with one attached hydrogen (secondary N) is 1. The van der Waals surface area contributed by atoms with E-state index in [0.29, 0.717) is 17.1 Å². The van der Waals surface area contributed by atoms with Gasteiger partial charge in [-0.3, -0.25) is 9.78 Å². The fraction of sp³-hybridized carbons (Fsp3) is 0.0588. The van der Waals surface area contributed by atoms with E-state index in [0.717, 1.165) is 20.5 Å². The summed E-state index contributed by atoms with van der Waals surface area (Å²) in [6.07, 6.45) is 3.57. The minimum Gasteiger partial charge on any atom is -0.348 e. The molecule has 116 valence electrons. The highest BCUT2D eigenvalue weighted by atomic mass is 79.9. The highest BCUT2D eigenvalue weighted by Crippen LogP contribution is 2.24. The van der Waals surface area contributed by atoms with Crippen molar-refractivity contribution in [3.8, 4) is 10.4 Å². The second-order valence-electron chi connectivity index (χ2n) is 4.87. The molecule has 2 aromatic heterocycles. The molecular weight excluding hydrogens is 396 g/mol. The molecule has 0 unspecified atom stereocenters. The van der Waals surface area contributed by atoms with Crippen molar-refractivity contribution >= 4 is 44.8 Å². The summed E-state index contributed by atoms with van der Waals surface area (Å²) in [6, 6.07) is 11.3. The molecule has 1 amide bonds. The molecule has 3 rings (SSSR count). The van der Waals surface area contributed by atoms with E-state index in [4.69, 9.17) is 11.6 Å². The molecule has 0 saturated heterocycles. The number of thiophene rings is 1. The van der Waals surface area contributed by atoms with Gasteiger partial charge in [0.15, 0.2) is 0 Å². The Morgan fingerprint density at radius 3 is 2.91 bits per heavy atom. The average molecular weight is 408 g/mol. The van der Waals surface area contributed by atoms with Gasteiger partial charge in [-0.2, -0.15) is 0 Å². The Hall–Kier alpha value is -1.69. The average Bonchev–Trinajstić information content (AvgIpc) is 3.10. The Morgan fingerprint density at radius 2 is 2.13 bits per heavy atom. The normalized spacial score (nSPS) is 10.5. The number of rotatable bonds is 4. The lowest BCUT2D eigenvalue weighted by Gasteiger charge is -2.08. The van der Waals surface area contributed by atoms with Crippen molar-refractivity contribution in [1.29, 1.82) is 0 Å². The maximum atomic E-state index is 12.3. The monoisotopic (exact) mass is 406 g/mol. The van der Waals surface area contributed by atoms with E-state index < -0.39 is 0 Å². The number of carbonyl (C=O) groups is 1. The molecule has 2 heterocycles. The third-order valence-electron chi connectivity index (χ3n) is 3.23. The summed E-state index contributed by atoms with van der Waals surface area (Å²) in [6.45, 7) is 0.397. The van der Waals surface area contributed by atoms with E-state index in [1.165, 1.54) is 0 Å². The summed E-state index contributed by atoms with van der Waals surface area (Å²) in [5.74, 6) is -0.210. The van der Waals surface area contributed by atoms with E-state index in [-0.39, 0.29) is 5.91 Å². The van der Waals surface area contributed by atoms with E-state index in [1.807, 2.05) is 29.8 Å². The van der Waals surface area contributed by atoms with Crippen LogP contribution in [0.4, 0.5) is 0 Å². The van der Waals surface area contributed by atoms with Crippen molar-refractivity contribution in [2.24, 2.45) is 0 Å². The minimum absolute atomic E-state index is 0.210. The van der Waals surface area contributed by atoms with Crippen molar-refractivity contribution in [3.05, 3.63) is 74.8 Å². The van der Waals surface area contributed by atoms with Gasteiger partial charge >= 0.3 is 0 Å². The zero-order valence-corrected chi connectivity index (χ0v) is 15.1. The molecule has 0 saturated carbocycles. The highest BCUT2D eigenvalue weighted by Gasteiger charge is 2.11. The Balaban J connectivity index is 1.72. The largest absolute Gasteiger partial charge is 0.348 e. The zero-order chi connectivity index (χ0) is 16.2. The molecule has 1 aromatic carbocycles. The van der Waals surface area contributed by atoms with Crippen LogP contribution in [-0.4, -0.2) is 10.9 Å². The molecule has 0 bridgehead atoms. The van der Waals surface area contributed by atoms with Gasteiger partial charge in [0.1, 0.15) is 0 Å². The predicted molar refractivity (Wildman–Crippen MR) is 97.9 cm³/mol. The van der Waals surface area contributed by atoms with Gasteiger partial charge in [-0.25, -0.2) is 0 Å². The van der Waals surface area contributed by atoms with Crippen LogP contribution in [0, 0.1) is 0 Å². The Bertz CT molecular complexity index is 836. The summed E-state index contributed by atoms with van der Waals surface area (Å²) in [7, 11) is 0. The van der Waals surface area contributed by atoms with Crippen LogP contribution in [0.2, 0.25) is 5.02 Å². The van der Waals surface area contributed by atoms with Crippen molar-refractivity contribution in [2.45, 2.75) is 6.54 Å². The molecule has 3 nitrogen and oxygen atoms in total. The Kier molecular flexibility index (Phi) is 5.10. The first-order chi connectivity index (χ1) is 11.1. The van der Waals surface area contributed by atoms with Crippen LogP contribution in [0.25, 0.3) is 10.4 Å². The first-order valence-electron chi connectivity index (χ1n) is 6.84. The van der Waals surface area contributed by atoms with Crippen LogP contribution in [0.1, 0.15) is 15.9 Å². The molecule has 1 N–H and O–H groups in total. The van der Waals surface area contributed by atoms with Gasteiger partial charge in [-0.15, -0.1) is 11.3 Å². The zero-order valence-electron chi connectivity index (χ0n) is 11.9. The number of nitrogens with zero attached hydrogens (tertiary/aromatic N) is 1. The second kappa shape index (κ2) is 7.25. The molecule has 6 heteroatoms. The van der Waals surface area contributed by atoms with Gasteiger partial charge in [0.05, 0.1) is 10.6 Å². The standard InChI is InChI=1S/C17H12BrClN2OS/c18-13-3-4-15(19)14(7-13)17(22)21-9-11-6-12(10-20-8-11)16-2-1-5-23-16/h1-8,10H,9H2,(H,21,22). The van der Waals surface area contributed by atoms with E-state index in [9.17, 15) is 4.79 Å².